The molecular weight excluding hydrogens is 592 g/mol. The van der Waals surface area contributed by atoms with Crippen LogP contribution in [0.1, 0.15) is 16.7 Å². The van der Waals surface area contributed by atoms with Crippen LogP contribution in [-0.4, -0.2) is 73.4 Å². The zero-order chi connectivity index (χ0) is 31.5. The number of amides is 2. The highest BCUT2D eigenvalue weighted by Gasteiger charge is 2.31. The van der Waals surface area contributed by atoms with Crippen LogP contribution in [0.2, 0.25) is 0 Å². The molecular formula is C34H36N4O6S. The van der Waals surface area contributed by atoms with E-state index in [0.29, 0.717) is 38.5 Å². The molecule has 10 nitrogen and oxygen atoms in total. The van der Waals surface area contributed by atoms with Gasteiger partial charge in [-0.2, -0.15) is 4.31 Å². The maximum Gasteiger partial charge on any atom is 0.261 e. The van der Waals surface area contributed by atoms with Crippen LogP contribution in [0.5, 0.6) is 5.75 Å². The second kappa shape index (κ2) is 15.4. The van der Waals surface area contributed by atoms with Gasteiger partial charge in [0.15, 0.2) is 6.61 Å². The lowest BCUT2D eigenvalue weighted by Crippen LogP contribution is -2.51. The van der Waals surface area contributed by atoms with E-state index in [1.54, 1.807) is 17.3 Å². The van der Waals surface area contributed by atoms with Gasteiger partial charge in [-0.3, -0.25) is 14.6 Å². The molecule has 45 heavy (non-hydrogen) atoms. The zero-order valence-electron chi connectivity index (χ0n) is 24.8. The summed E-state index contributed by atoms with van der Waals surface area (Å²) in [6.45, 7) is 1.45. The van der Waals surface area contributed by atoms with Crippen LogP contribution in [0.3, 0.4) is 0 Å². The Bertz CT molecular complexity index is 1630. The van der Waals surface area contributed by atoms with Gasteiger partial charge in [0.05, 0.1) is 18.1 Å². The van der Waals surface area contributed by atoms with Crippen molar-refractivity contribution in [3.05, 3.63) is 126 Å². The SMILES string of the molecule is O=C(NCc1ccncc1)C(Cc1ccccc1)N(Cc1ccccc1)C(=O)COc1ccc(S(=O)(=O)N2CCOCC2)cc1. The van der Waals surface area contributed by atoms with E-state index in [9.17, 15) is 18.0 Å². The molecule has 0 radical (unpaired) electrons. The van der Waals surface area contributed by atoms with Crippen LogP contribution in [-0.2, 0) is 43.9 Å². The summed E-state index contributed by atoms with van der Waals surface area (Å²) in [4.78, 5) is 33.3. The normalized spacial score (nSPS) is 14.3. The van der Waals surface area contributed by atoms with Gasteiger partial charge in [0, 0.05) is 45.0 Å². The fraction of sp³-hybridized carbons (Fsp3) is 0.265. The molecule has 0 bridgehead atoms. The third-order valence-corrected chi connectivity index (χ3v) is 9.39. The van der Waals surface area contributed by atoms with E-state index in [-0.39, 0.29) is 36.4 Å². The molecule has 11 heteroatoms. The first-order valence-corrected chi connectivity index (χ1v) is 16.2. The number of rotatable bonds is 13. The molecule has 1 aliphatic heterocycles. The number of benzene rings is 3. The van der Waals surface area contributed by atoms with Crippen molar-refractivity contribution >= 4 is 21.8 Å². The number of hydrogen-bond donors (Lipinski definition) is 1. The number of morpholine rings is 1. The second-order valence-electron chi connectivity index (χ2n) is 10.6. The summed E-state index contributed by atoms with van der Waals surface area (Å²) >= 11 is 0. The number of nitrogens with one attached hydrogen (secondary N) is 1. The summed E-state index contributed by atoms with van der Waals surface area (Å²) in [6, 6.07) is 27.9. The van der Waals surface area contributed by atoms with Crippen molar-refractivity contribution in [1.29, 1.82) is 0 Å². The molecule has 1 aliphatic rings. The molecule has 0 spiro atoms. The molecule has 0 aliphatic carbocycles. The molecule has 1 saturated heterocycles. The number of aromatic nitrogens is 1. The predicted octanol–water partition coefficient (Wildman–Crippen LogP) is 3.44. The lowest BCUT2D eigenvalue weighted by molar-refractivity contribution is -0.142. The minimum Gasteiger partial charge on any atom is -0.484 e. The first-order chi connectivity index (χ1) is 21.9. The molecule has 1 unspecified atom stereocenters. The summed E-state index contributed by atoms with van der Waals surface area (Å²) in [7, 11) is -3.66. The number of hydrogen-bond acceptors (Lipinski definition) is 7. The maximum absolute atomic E-state index is 13.9. The standard InChI is InChI=1S/C34H36N4O6S/c39-33(26-44-30-11-13-31(14-12-30)45(41,42)37-19-21-43-22-20-37)38(25-29-9-5-2-6-10-29)32(23-27-7-3-1-4-8-27)34(40)36-24-28-15-17-35-18-16-28/h1-18,32H,19-26H2,(H,36,40). The quantitative estimate of drug-likeness (QED) is 0.241. The molecule has 234 valence electrons. The predicted molar refractivity (Wildman–Crippen MR) is 169 cm³/mol. The Morgan fingerprint density at radius 2 is 1.47 bits per heavy atom. The van der Waals surface area contributed by atoms with Crippen LogP contribution in [0.4, 0.5) is 0 Å². The molecule has 3 aromatic carbocycles. The number of pyridine rings is 1. The van der Waals surface area contributed by atoms with Gasteiger partial charge in [0.25, 0.3) is 5.91 Å². The summed E-state index contributed by atoms with van der Waals surface area (Å²) in [6.07, 6.45) is 3.63. The van der Waals surface area contributed by atoms with E-state index in [4.69, 9.17) is 9.47 Å². The smallest absolute Gasteiger partial charge is 0.261 e. The van der Waals surface area contributed by atoms with Gasteiger partial charge in [0.1, 0.15) is 11.8 Å². The highest BCUT2D eigenvalue weighted by Crippen LogP contribution is 2.21. The molecule has 1 N–H and O–H groups in total. The molecule has 2 amide bonds. The van der Waals surface area contributed by atoms with E-state index < -0.39 is 16.1 Å². The molecule has 1 atom stereocenters. The van der Waals surface area contributed by atoms with Crippen LogP contribution in [0.25, 0.3) is 0 Å². The molecule has 4 aromatic rings. The van der Waals surface area contributed by atoms with Crippen LogP contribution in [0, 0.1) is 0 Å². The average molecular weight is 629 g/mol. The summed E-state index contributed by atoms with van der Waals surface area (Å²) in [5.41, 5.74) is 2.66. The third kappa shape index (κ3) is 8.75. The molecule has 1 aromatic heterocycles. The Labute approximate surface area is 263 Å². The number of nitrogens with zero attached hydrogens (tertiary/aromatic N) is 3. The monoisotopic (exact) mass is 628 g/mol. The molecule has 1 fully saturated rings. The molecule has 0 saturated carbocycles. The zero-order valence-corrected chi connectivity index (χ0v) is 25.6. The minimum absolute atomic E-state index is 0.141. The van der Waals surface area contributed by atoms with Gasteiger partial charge in [-0.1, -0.05) is 60.7 Å². The largest absolute Gasteiger partial charge is 0.484 e. The van der Waals surface area contributed by atoms with Gasteiger partial charge in [0.2, 0.25) is 15.9 Å². The van der Waals surface area contributed by atoms with Gasteiger partial charge in [-0.15, -0.1) is 0 Å². The summed E-state index contributed by atoms with van der Waals surface area (Å²) < 4.78 is 38.5. The van der Waals surface area contributed by atoms with E-state index in [2.05, 4.69) is 10.3 Å². The molecule has 5 rings (SSSR count). The average Bonchev–Trinajstić information content (AvgIpc) is 3.09. The van der Waals surface area contributed by atoms with Crippen molar-refractivity contribution in [1.82, 2.24) is 19.5 Å². The Balaban J connectivity index is 1.34. The highest BCUT2D eigenvalue weighted by atomic mass is 32.2. The van der Waals surface area contributed by atoms with E-state index in [1.165, 1.54) is 28.6 Å². The van der Waals surface area contributed by atoms with Crippen LogP contribution < -0.4 is 10.1 Å². The number of carbonyl (C=O) groups is 2. The molecule has 2 heterocycles. The van der Waals surface area contributed by atoms with E-state index >= 15 is 0 Å². The highest BCUT2D eigenvalue weighted by molar-refractivity contribution is 7.89. The fourth-order valence-electron chi connectivity index (χ4n) is 5.01. The van der Waals surface area contributed by atoms with Gasteiger partial charge in [-0.05, 0) is 53.1 Å². The van der Waals surface area contributed by atoms with Crippen molar-refractivity contribution in [2.75, 3.05) is 32.9 Å². The first-order valence-electron chi connectivity index (χ1n) is 14.7. The number of sulfonamides is 1. The minimum atomic E-state index is -3.66. The maximum atomic E-state index is 13.9. The van der Waals surface area contributed by atoms with Crippen molar-refractivity contribution in [3.8, 4) is 5.75 Å². The number of ether oxygens (including phenoxy) is 2. The lowest BCUT2D eigenvalue weighted by Gasteiger charge is -2.31. The number of carbonyl (C=O) groups excluding carboxylic acids is 2. The fourth-order valence-corrected chi connectivity index (χ4v) is 6.42. The first kappa shape index (κ1) is 31.8. The van der Waals surface area contributed by atoms with Crippen LogP contribution >= 0.6 is 0 Å². The summed E-state index contributed by atoms with van der Waals surface area (Å²) in [5, 5.41) is 2.99. The lowest BCUT2D eigenvalue weighted by atomic mass is 10.0. The topological polar surface area (TPSA) is 118 Å². The van der Waals surface area contributed by atoms with Crippen LogP contribution in [0.15, 0.2) is 114 Å². The Morgan fingerprint density at radius 3 is 2.11 bits per heavy atom. The Kier molecular flexibility index (Phi) is 10.9. The third-order valence-electron chi connectivity index (χ3n) is 7.48. The van der Waals surface area contributed by atoms with Gasteiger partial charge < -0.3 is 19.7 Å². The second-order valence-corrected chi connectivity index (χ2v) is 12.5. The van der Waals surface area contributed by atoms with Gasteiger partial charge >= 0.3 is 0 Å². The van der Waals surface area contributed by atoms with E-state index in [1.807, 2.05) is 72.8 Å². The van der Waals surface area contributed by atoms with Crippen molar-refractivity contribution < 1.29 is 27.5 Å². The van der Waals surface area contributed by atoms with Gasteiger partial charge in [-0.25, -0.2) is 8.42 Å². The van der Waals surface area contributed by atoms with Crippen molar-refractivity contribution in [3.63, 3.8) is 0 Å². The Hall–Kier alpha value is -4.58. The summed E-state index contributed by atoms with van der Waals surface area (Å²) in [5.74, 6) is -0.341. The Morgan fingerprint density at radius 1 is 0.844 bits per heavy atom. The van der Waals surface area contributed by atoms with Crippen molar-refractivity contribution in [2.45, 2.75) is 30.4 Å². The van der Waals surface area contributed by atoms with E-state index in [0.717, 1.165) is 16.7 Å². The van der Waals surface area contributed by atoms with Crippen molar-refractivity contribution in [2.24, 2.45) is 0 Å².